The topological polar surface area (TPSA) is 49.6 Å². The summed E-state index contributed by atoms with van der Waals surface area (Å²) >= 11 is 0. The fourth-order valence-corrected chi connectivity index (χ4v) is 3.69. The average Bonchev–Trinajstić information content (AvgIpc) is 2.19. The Kier molecular flexibility index (Phi) is 5.83. The molecule has 0 aromatic carbocycles. The molecule has 1 aliphatic heterocycles. The van der Waals surface area contributed by atoms with Gasteiger partial charge in [-0.25, -0.2) is 5.32 Å². The Labute approximate surface area is 92.3 Å². The normalized spacial score (nSPS) is 22.9. The zero-order valence-electron chi connectivity index (χ0n) is 9.65. The highest BCUT2D eigenvalue weighted by atomic mass is 31.2. The Morgan fingerprint density at radius 2 is 1.93 bits per heavy atom. The van der Waals surface area contributed by atoms with Crippen LogP contribution in [0.1, 0.15) is 33.1 Å². The first kappa shape index (κ1) is 13.2. The molecule has 0 saturated carbocycles. The second-order valence-electron chi connectivity index (χ2n) is 3.68. The van der Waals surface area contributed by atoms with E-state index in [1.165, 1.54) is 6.42 Å². The van der Waals surface area contributed by atoms with Crippen LogP contribution >= 0.6 is 7.60 Å². The van der Waals surface area contributed by atoms with Gasteiger partial charge in [-0.05, 0) is 26.7 Å². The van der Waals surface area contributed by atoms with Crippen LogP contribution in [0.15, 0.2) is 0 Å². The van der Waals surface area contributed by atoms with E-state index in [0.717, 1.165) is 19.4 Å². The van der Waals surface area contributed by atoms with E-state index in [9.17, 15) is 4.57 Å². The first-order chi connectivity index (χ1) is 7.20. The summed E-state index contributed by atoms with van der Waals surface area (Å²) in [5.41, 5.74) is 0. The van der Waals surface area contributed by atoms with Crippen LogP contribution in [0.2, 0.25) is 0 Å². The monoisotopic (exact) mass is 234 g/mol. The molecular formula is C10H21NO3P. The number of hydrogen-bond donors (Lipinski definition) is 0. The van der Waals surface area contributed by atoms with Gasteiger partial charge in [0, 0.05) is 12.6 Å². The summed E-state index contributed by atoms with van der Waals surface area (Å²) < 4.78 is 22.7. The zero-order chi connectivity index (χ0) is 11.1. The molecule has 4 nitrogen and oxygen atoms in total. The highest BCUT2D eigenvalue weighted by Gasteiger charge is 2.29. The first-order valence-corrected chi connectivity index (χ1v) is 7.47. The van der Waals surface area contributed by atoms with Crippen molar-refractivity contribution in [1.29, 1.82) is 0 Å². The number of hydrogen-bond acceptors (Lipinski definition) is 3. The lowest BCUT2D eigenvalue weighted by atomic mass is 10.1. The maximum absolute atomic E-state index is 12.2. The van der Waals surface area contributed by atoms with E-state index in [-0.39, 0.29) is 6.04 Å². The van der Waals surface area contributed by atoms with Crippen molar-refractivity contribution < 1.29 is 13.6 Å². The predicted octanol–water partition coefficient (Wildman–Crippen LogP) is 2.41. The molecule has 1 radical (unpaired) electrons. The van der Waals surface area contributed by atoms with E-state index in [1.54, 1.807) is 0 Å². The maximum atomic E-state index is 12.2. The van der Waals surface area contributed by atoms with Gasteiger partial charge in [-0.1, -0.05) is 6.42 Å². The summed E-state index contributed by atoms with van der Waals surface area (Å²) in [5, 5.41) is 4.45. The molecule has 0 aliphatic carbocycles. The van der Waals surface area contributed by atoms with Gasteiger partial charge in [0.15, 0.2) is 0 Å². The molecule has 1 rings (SSSR count). The van der Waals surface area contributed by atoms with Crippen LogP contribution in [0.4, 0.5) is 0 Å². The van der Waals surface area contributed by atoms with Crippen LogP contribution in [-0.2, 0) is 13.6 Å². The van der Waals surface area contributed by atoms with Gasteiger partial charge >= 0.3 is 7.60 Å². The molecule has 1 saturated heterocycles. The molecule has 0 bridgehead atoms. The first-order valence-electron chi connectivity index (χ1n) is 5.75. The number of rotatable bonds is 6. The lowest BCUT2D eigenvalue weighted by molar-refractivity contribution is 0.215. The largest absolute Gasteiger partial charge is 0.332 e. The lowest BCUT2D eigenvalue weighted by Gasteiger charge is -2.25. The minimum Gasteiger partial charge on any atom is -0.309 e. The van der Waals surface area contributed by atoms with E-state index >= 15 is 0 Å². The molecule has 1 unspecified atom stereocenters. The van der Waals surface area contributed by atoms with Crippen LogP contribution in [0.5, 0.6) is 0 Å². The van der Waals surface area contributed by atoms with Crippen molar-refractivity contribution in [3.63, 3.8) is 0 Å². The van der Waals surface area contributed by atoms with Gasteiger partial charge in [0.1, 0.15) is 0 Å². The van der Waals surface area contributed by atoms with Crippen LogP contribution in [0.3, 0.4) is 0 Å². The Bertz CT molecular complexity index is 207. The van der Waals surface area contributed by atoms with Crippen molar-refractivity contribution in [2.45, 2.75) is 39.2 Å². The van der Waals surface area contributed by atoms with Gasteiger partial charge in [0.05, 0.1) is 19.4 Å². The van der Waals surface area contributed by atoms with Crippen molar-refractivity contribution in [3.8, 4) is 0 Å². The molecule has 0 aromatic heterocycles. The smallest absolute Gasteiger partial charge is 0.309 e. The quantitative estimate of drug-likeness (QED) is 0.663. The zero-order valence-corrected chi connectivity index (χ0v) is 10.5. The molecule has 89 valence electrons. The van der Waals surface area contributed by atoms with Gasteiger partial charge < -0.3 is 9.05 Å². The van der Waals surface area contributed by atoms with E-state index < -0.39 is 7.60 Å². The summed E-state index contributed by atoms with van der Waals surface area (Å²) in [4.78, 5) is 0. The minimum absolute atomic E-state index is 0.169. The van der Waals surface area contributed by atoms with Crippen molar-refractivity contribution in [3.05, 3.63) is 0 Å². The van der Waals surface area contributed by atoms with Crippen molar-refractivity contribution in [2.75, 3.05) is 25.9 Å². The minimum atomic E-state index is -2.88. The Morgan fingerprint density at radius 3 is 2.40 bits per heavy atom. The fourth-order valence-electron chi connectivity index (χ4n) is 1.80. The van der Waals surface area contributed by atoms with E-state index in [1.807, 2.05) is 13.8 Å². The molecule has 1 heterocycles. The molecule has 5 heteroatoms. The highest BCUT2D eigenvalue weighted by Crippen LogP contribution is 2.49. The van der Waals surface area contributed by atoms with Crippen LogP contribution in [0.25, 0.3) is 0 Å². The molecule has 1 atom stereocenters. The Hall–Kier alpha value is 0.110. The van der Waals surface area contributed by atoms with E-state index in [0.29, 0.717) is 19.4 Å². The summed E-state index contributed by atoms with van der Waals surface area (Å²) in [6, 6.07) is 0.169. The number of piperidine rings is 1. The van der Waals surface area contributed by atoms with Crippen LogP contribution in [-0.4, -0.2) is 32.0 Å². The van der Waals surface area contributed by atoms with Crippen molar-refractivity contribution in [2.24, 2.45) is 0 Å². The average molecular weight is 234 g/mol. The molecule has 1 fully saturated rings. The standard InChI is InChI=1S/C10H21NO3P/c1-3-13-15(12,14-4-2)9-10-7-5-6-8-11-10/h10H,3-9H2,1-2H3. The molecule has 0 spiro atoms. The van der Waals surface area contributed by atoms with E-state index in [4.69, 9.17) is 9.05 Å². The fraction of sp³-hybridized carbons (Fsp3) is 1.00. The van der Waals surface area contributed by atoms with Gasteiger partial charge in [-0.2, -0.15) is 0 Å². The second kappa shape index (κ2) is 6.64. The molecule has 0 amide bonds. The third-order valence-electron chi connectivity index (χ3n) is 2.42. The van der Waals surface area contributed by atoms with Crippen molar-refractivity contribution in [1.82, 2.24) is 5.32 Å². The highest BCUT2D eigenvalue weighted by molar-refractivity contribution is 7.53. The Morgan fingerprint density at radius 1 is 1.27 bits per heavy atom. The van der Waals surface area contributed by atoms with Gasteiger partial charge in [0.25, 0.3) is 0 Å². The third kappa shape index (κ3) is 4.64. The summed E-state index contributed by atoms with van der Waals surface area (Å²) in [6.07, 6.45) is 3.80. The SMILES string of the molecule is CCOP(=O)(CC1CCCC[N]1)OCC. The molecular weight excluding hydrogens is 213 g/mol. The van der Waals surface area contributed by atoms with Gasteiger partial charge in [0.2, 0.25) is 0 Å². The predicted molar refractivity (Wildman–Crippen MR) is 60.4 cm³/mol. The second-order valence-corrected chi connectivity index (χ2v) is 5.79. The number of nitrogens with zero attached hydrogens (tertiary/aromatic N) is 1. The van der Waals surface area contributed by atoms with Crippen LogP contribution in [0, 0.1) is 0 Å². The summed E-state index contributed by atoms with van der Waals surface area (Å²) in [7, 11) is -2.88. The van der Waals surface area contributed by atoms with E-state index in [2.05, 4.69) is 5.32 Å². The molecule has 15 heavy (non-hydrogen) atoms. The summed E-state index contributed by atoms with van der Waals surface area (Å²) in [5.74, 6) is 0. The van der Waals surface area contributed by atoms with Crippen molar-refractivity contribution >= 4 is 7.60 Å². The molecule has 0 N–H and O–H groups in total. The summed E-state index contributed by atoms with van der Waals surface area (Å²) in [6.45, 7) is 5.43. The van der Waals surface area contributed by atoms with Crippen LogP contribution < -0.4 is 5.32 Å². The lowest BCUT2D eigenvalue weighted by Crippen LogP contribution is -2.31. The maximum Gasteiger partial charge on any atom is 0.332 e. The van der Waals surface area contributed by atoms with Gasteiger partial charge in [-0.3, -0.25) is 4.57 Å². The molecule has 1 aliphatic rings. The van der Waals surface area contributed by atoms with Gasteiger partial charge in [-0.15, -0.1) is 0 Å². The third-order valence-corrected chi connectivity index (χ3v) is 4.59. The Balaban J connectivity index is 2.45. The molecule has 0 aromatic rings.